The molecule has 0 saturated heterocycles. The number of rotatable bonds is 3. The minimum absolute atomic E-state index is 0.0248. The van der Waals surface area contributed by atoms with Gasteiger partial charge in [0.05, 0.1) is 33.7 Å². The van der Waals surface area contributed by atoms with Gasteiger partial charge in [0.15, 0.2) is 5.82 Å². The van der Waals surface area contributed by atoms with E-state index in [9.17, 15) is 9.59 Å². The number of aryl methyl sites for hydroxylation is 1. The molecular weight excluding hydrogens is 387 g/mol. The number of aromatic nitrogens is 2. The Morgan fingerprint density at radius 3 is 2.19 bits per heavy atom. The maximum Gasteiger partial charge on any atom is 0.327 e. The zero-order valence-corrected chi connectivity index (χ0v) is 15.7. The number of amides is 3. The van der Waals surface area contributed by atoms with E-state index in [0.717, 1.165) is 11.1 Å². The summed E-state index contributed by atoms with van der Waals surface area (Å²) in [6.07, 6.45) is 2.94. The zero-order valence-electron chi connectivity index (χ0n) is 14.2. The average Bonchev–Trinajstić information content (AvgIpc) is 2.63. The third kappa shape index (κ3) is 4.61. The van der Waals surface area contributed by atoms with Gasteiger partial charge in [-0.2, -0.15) is 0 Å². The molecule has 136 valence electrons. The Kier molecular flexibility index (Phi) is 5.69. The lowest BCUT2D eigenvalue weighted by Crippen LogP contribution is -2.35. The smallest absolute Gasteiger partial charge is 0.291 e. The zero-order chi connectivity index (χ0) is 19.4. The van der Waals surface area contributed by atoms with Gasteiger partial charge in [-0.25, -0.2) is 9.78 Å². The van der Waals surface area contributed by atoms with Crippen molar-refractivity contribution in [3.05, 3.63) is 76.0 Å². The Bertz CT molecular complexity index is 969. The summed E-state index contributed by atoms with van der Waals surface area (Å²) in [7, 11) is 0. The summed E-state index contributed by atoms with van der Waals surface area (Å²) in [6.45, 7) is 2.00. The van der Waals surface area contributed by atoms with Crippen LogP contribution < -0.4 is 10.6 Å². The highest BCUT2D eigenvalue weighted by Crippen LogP contribution is 2.24. The third-order valence-corrected chi connectivity index (χ3v) is 4.29. The summed E-state index contributed by atoms with van der Waals surface area (Å²) in [6, 6.07) is 11.7. The standard InChI is InChI=1S/C19H14Cl2N4O2/c1-11-5-7-12(8-6-11)15-9-23-16(10-22-15)24-19(27)25-18(26)17-13(20)3-2-4-14(17)21/h2-10H,1H3,(H2,23,24,25,26,27). The average molecular weight is 401 g/mol. The van der Waals surface area contributed by atoms with Crippen LogP contribution in [0.15, 0.2) is 54.9 Å². The minimum Gasteiger partial charge on any atom is -0.291 e. The lowest BCUT2D eigenvalue weighted by atomic mass is 10.1. The number of carbonyl (C=O) groups excluding carboxylic acids is 2. The predicted molar refractivity (Wildman–Crippen MR) is 105 cm³/mol. The van der Waals surface area contributed by atoms with Crippen LogP contribution in [0.4, 0.5) is 10.6 Å². The number of urea groups is 1. The van der Waals surface area contributed by atoms with Gasteiger partial charge in [-0.05, 0) is 19.1 Å². The van der Waals surface area contributed by atoms with Crippen molar-refractivity contribution >= 4 is 41.0 Å². The molecule has 2 N–H and O–H groups in total. The quantitative estimate of drug-likeness (QED) is 0.665. The number of anilines is 1. The molecule has 0 atom stereocenters. The van der Waals surface area contributed by atoms with Crippen LogP contribution in [0.25, 0.3) is 11.3 Å². The molecule has 0 unspecified atom stereocenters. The van der Waals surface area contributed by atoms with E-state index >= 15 is 0 Å². The van der Waals surface area contributed by atoms with Crippen LogP contribution in [0.3, 0.4) is 0 Å². The molecule has 27 heavy (non-hydrogen) atoms. The van der Waals surface area contributed by atoms with Crippen molar-refractivity contribution in [1.82, 2.24) is 15.3 Å². The van der Waals surface area contributed by atoms with Crippen LogP contribution in [-0.4, -0.2) is 21.9 Å². The van der Waals surface area contributed by atoms with Gasteiger partial charge in [-0.3, -0.25) is 20.4 Å². The second-order valence-electron chi connectivity index (χ2n) is 5.66. The summed E-state index contributed by atoms with van der Waals surface area (Å²) in [4.78, 5) is 32.6. The van der Waals surface area contributed by atoms with Gasteiger partial charge in [0, 0.05) is 5.56 Å². The van der Waals surface area contributed by atoms with Gasteiger partial charge in [-0.1, -0.05) is 59.1 Å². The van der Waals surface area contributed by atoms with E-state index < -0.39 is 11.9 Å². The number of hydrogen-bond donors (Lipinski definition) is 2. The first kappa shape index (κ1) is 18.8. The highest BCUT2D eigenvalue weighted by molar-refractivity contribution is 6.40. The fraction of sp³-hybridized carbons (Fsp3) is 0.0526. The van der Waals surface area contributed by atoms with Gasteiger partial charge in [0.2, 0.25) is 0 Å². The van der Waals surface area contributed by atoms with Crippen LogP contribution in [0, 0.1) is 6.92 Å². The van der Waals surface area contributed by atoms with Crippen molar-refractivity contribution in [3.63, 3.8) is 0 Å². The number of nitrogens with one attached hydrogen (secondary N) is 2. The van der Waals surface area contributed by atoms with Gasteiger partial charge < -0.3 is 0 Å². The first-order chi connectivity index (χ1) is 12.9. The molecule has 6 nitrogen and oxygen atoms in total. The van der Waals surface area contributed by atoms with Crippen molar-refractivity contribution in [3.8, 4) is 11.3 Å². The maximum atomic E-state index is 12.2. The highest BCUT2D eigenvalue weighted by atomic mass is 35.5. The number of halogens is 2. The first-order valence-corrected chi connectivity index (χ1v) is 8.65. The fourth-order valence-electron chi connectivity index (χ4n) is 2.29. The Balaban J connectivity index is 1.66. The van der Waals surface area contributed by atoms with E-state index in [1.807, 2.05) is 31.2 Å². The topological polar surface area (TPSA) is 84.0 Å². The van der Waals surface area contributed by atoms with Crippen molar-refractivity contribution in [2.75, 3.05) is 5.32 Å². The van der Waals surface area contributed by atoms with Crippen molar-refractivity contribution in [1.29, 1.82) is 0 Å². The Morgan fingerprint density at radius 2 is 1.59 bits per heavy atom. The van der Waals surface area contributed by atoms with E-state index in [0.29, 0.717) is 5.69 Å². The number of nitrogens with zero attached hydrogens (tertiary/aromatic N) is 2. The van der Waals surface area contributed by atoms with E-state index in [1.54, 1.807) is 6.07 Å². The molecule has 1 aromatic heterocycles. The summed E-state index contributed by atoms with van der Waals surface area (Å²) < 4.78 is 0. The molecule has 3 amide bonds. The molecular formula is C19H14Cl2N4O2. The molecule has 1 heterocycles. The third-order valence-electron chi connectivity index (χ3n) is 3.66. The first-order valence-electron chi connectivity index (χ1n) is 7.89. The molecule has 0 spiro atoms. The normalized spacial score (nSPS) is 10.3. The van der Waals surface area contributed by atoms with Gasteiger partial charge in [0.1, 0.15) is 0 Å². The van der Waals surface area contributed by atoms with Gasteiger partial charge in [0.25, 0.3) is 5.91 Å². The highest BCUT2D eigenvalue weighted by Gasteiger charge is 2.17. The summed E-state index contributed by atoms with van der Waals surface area (Å²) in [5, 5.41) is 4.89. The molecule has 8 heteroatoms. The van der Waals surface area contributed by atoms with Crippen LogP contribution in [0.1, 0.15) is 15.9 Å². The predicted octanol–water partition coefficient (Wildman–Crippen LogP) is 4.72. The minimum atomic E-state index is -0.770. The summed E-state index contributed by atoms with van der Waals surface area (Å²) in [5.41, 5.74) is 2.74. The molecule has 0 aliphatic rings. The largest absolute Gasteiger partial charge is 0.327 e. The van der Waals surface area contributed by atoms with Crippen LogP contribution >= 0.6 is 23.2 Å². The number of carbonyl (C=O) groups is 2. The van der Waals surface area contributed by atoms with Crippen molar-refractivity contribution < 1.29 is 9.59 Å². The summed E-state index contributed by atoms with van der Waals surface area (Å²) >= 11 is 11.9. The van der Waals surface area contributed by atoms with Crippen LogP contribution in [0.5, 0.6) is 0 Å². The molecule has 0 radical (unpaired) electrons. The number of imide groups is 1. The molecule has 0 aliphatic carbocycles. The van der Waals surface area contributed by atoms with Gasteiger partial charge in [-0.15, -0.1) is 0 Å². The summed E-state index contributed by atoms with van der Waals surface area (Å²) in [5.74, 6) is -0.520. The van der Waals surface area contributed by atoms with E-state index in [2.05, 4.69) is 20.6 Å². The van der Waals surface area contributed by atoms with Gasteiger partial charge >= 0.3 is 6.03 Å². The van der Waals surface area contributed by atoms with E-state index in [4.69, 9.17) is 23.2 Å². The maximum absolute atomic E-state index is 12.2. The molecule has 0 bridgehead atoms. The molecule has 2 aromatic carbocycles. The molecule has 0 saturated carbocycles. The van der Waals surface area contributed by atoms with Crippen LogP contribution in [0.2, 0.25) is 10.0 Å². The lowest BCUT2D eigenvalue weighted by molar-refractivity contribution is 0.0967. The van der Waals surface area contributed by atoms with Crippen molar-refractivity contribution in [2.24, 2.45) is 0 Å². The monoisotopic (exact) mass is 400 g/mol. The Labute approximate surface area is 165 Å². The van der Waals surface area contributed by atoms with Crippen LogP contribution in [-0.2, 0) is 0 Å². The number of hydrogen-bond acceptors (Lipinski definition) is 4. The SMILES string of the molecule is Cc1ccc(-c2cnc(NC(=O)NC(=O)c3c(Cl)cccc3Cl)cn2)cc1. The Hall–Kier alpha value is -2.96. The lowest BCUT2D eigenvalue weighted by Gasteiger charge is -2.09. The van der Waals surface area contributed by atoms with Crippen molar-refractivity contribution in [2.45, 2.75) is 6.92 Å². The molecule has 3 aromatic rings. The fourth-order valence-corrected chi connectivity index (χ4v) is 2.86. The molecule has 0 fully saturated rings. The Morgan fingerprint density at radius 1 is 0.926 bits per heavy atom. The molecule has 3 rings (SSSR count). The molecule has 0 aliphatic heterocycles. The second-order valence-corrected chi connectivity index (χ2v) is 6.47. The van der Waals surface area contributed by atoms with E-state index in [1.165, 1.54) is 24.5 Å². The van der Waals surface area contributed by atoms with E-state index in [-0.39, 0.29) is 21.4 Å². The second kappa shape index (κ2) is 8.16. The number of benzene rings is 2.